The Morgan fingerprint density at radius 2 is 1.76 bits per heavy atom. The molecule has 0 aromatic heterocycles. The van der Waals surface area contributed by atoms with Crippen molar-refractivity contribution in [3.8, 4) is 0 Å². The summed E-state index contributed by atoms with van der Waals surface area (Å²) in [6.45, 7) is 4.97. The zero-order valence-corrected chi connectivity index (χ0v) is 16.5. The maximum absolute atomic E-state index is 13.1. The van der Waals surface area contributed by atoms with E-state index in [4.69, 9.17) is 0 Å². The summed E-state index contributed by atoms with van der Waals surface area (Å²) in [6, 6.07) is 16.0. The lowest BCUT2D eigenvalue weighted by atomic mass is 10.0. The Labute approximate surface area is 171 Å². The Morgan fingerprint density at radius 3 is 2.55 bits per heavy atom. The number of anilines is 1. The molecule has 148 valence electrons. The number of hydrogen-bond acceptors (Lipinski definition) is 2. The fourth-order valence-electron chi connectivity index (χ4n) is 3.86. The number of amides is 2. The van der Waals surface area contributed by atoms with Crippen LogP contribution in [-0.2, 0) is 16.1 Å². The van der Waals surface area contributed by atoms with Crippen LogP contribution in [-0.4, -0.2) is 18.4 Å². The predicted octanol–water partition coefficient (Wildman–Crippen LogP) is 4.42. The summed E-state index contributed by atoms with van der Waals surface area (Å²) in [6.07, 6.45) is 7.60. The molecule has 4 nitrogen and oxygen atoms in total. The molecule has 2 aliphatic rings. The fraction of sp³-hybridized carbons (Fsp3) is 0.280. The van der Waals surface area contributed by atoms with Crippen LogP contribution in [0, 0.1) is 11.8 Å². The molecule has 29 heavy (non-hydrogen) atoms. The van der Waals surface area contributed by atoms with E-state index in [0.717, 1.165) is 28.8 Å². The number of fused-ring (bicyclic) bond motifs is 2. The first-order chi connectivity index (χ1) is 14.2. The van der Waals surface area contributed by atoms with Crippen LogP contribution in [0.2, 0.25) is 0 Å². The molecule has 0 bridgehead atoms. The molecule has 0 saturated heterocycles. The average molecular weight is 386 g/mol. The molecular formula is C25H26N2O2. The van der Waals surface area contributed by atoms with Crippen molar-refractivity contribution in [2.45, 2.75) is 25.8 Å². The second-order valence-corrected chi connectivity index (χ2v) is 7.77. The second kappa shape index (κ2) is 8.48. The summed E-state index contributed by atoms with van der Waals surface area (Å²) in [5.41, 5.74) is 4.10. The fourth-order valence-corrected chi connectivity index (χ4v) is 3.86. The second-order valence-electron chi connectivity index (χ2n) is 7.77. The van der Waals surface area contributed by atoms with Gasteiger partial charge in [-0.2, -0.15) is 0 Å². The molecule has 1 aliphatic heterocycles. The number of para-hydroxylation sites is 1. The van der Waals surface area contributed by atoms with E-state index < -0.39 is 0 Å². The summed E-state index contributed by atoms with van der Waals surface area (Å²) in [5.74, 6) is 0.945. The summed E-state index contributed by atoms with van der Waals surface area (Å²) in [4.78, 5) is 27.1. The van der Waals surface area contributed by atoms with Crippen LogP contribution < -0.4 is 10.2 Å². The van der Waals surface area contributed by atoms with Gasteiger partial charge in [-0.1, -0.05) is 60.7 Å². The van der Waals surface area contributed by atoms with Crippen LogP contribution in [0.15, 0.2) is 61.2 Å². The maximum Gasteiger partial charge on any atom is 0.227 e. The van der Waals surface area contributed by atoms with Gasteiger partial charge in [-0.15, -0.1) is 6.58 Å². The van der Waals surface area contributed by atoms with Gasteiger partial charge in [-0.3, -0.25) is 9.59 Å². The Kier molecular flexibility index (Phi) is 5.61. The van der Waals surface area contributed by atoms with Gasteiger partial charge in [0.05, 0.1) is 12.2 Å². The van der Waals surface area contributed by atoms with Crippen LogP contribution in [0.25, 0.3) is 12.2 Å². The van der Waals surface area contributed by atoms with E-state index >= 15 is 0 Å². The first-order valence-electron chi connectivity index (χ1n) is 10.2. The topological polar surface area (TPSA) is 49.4 Å². The van der Waals surface area contributed by atoms with E-state index in [9.17, 15) is 9.59 Å². The molecule has 2 aromatic carbocycles. The smallest absolute Gasteiger partial charge is 0.227 e. The highest BCUT2D eigenvalue weighted by molar-refractivity contribution is 5.98. The molecule has 1 saturated carbocycles. The first-order valence-corrected chi connectivity index (χ1v) is 10.2. The largest absolute Gasteiger partial charge is 0.356 e. The molecule has 0 radical (unpaired) electrons. The van der Waals surface area contributed by atoms with E-state index in [1.54, 1.807) is 4.90 Å². The lowest BCUT2D eigenvalue weighted by Crippen LogP contribution is -2.33. The third kappa shape index (κ3) is 4.48. The van der Waals surface area contributed by atoms with E-state index in [-0.39, 0.29) is 24.7 Å². The van der Waals surface area contributed by atoms with Gasteiger partial charge >= 0.3 is 0 Å². The van der Waals surface area contributed by atoms with Crippen molar-refractivity contribution in [3.05, 3.63) is 77.9 Å². The van der Waals surface area contributed by atoms with Gasteiger partial charge in [0.15, 0.2) is 0 Å². The minimum absolute atomic E-state index is 0.0342. The van der Waals surface area contributed by atoms with Crippen molar-refractivity contribution < 1.29 is 9.59 Å². The Bertz CT molecular complexity index is 963. The number of rotatable bonds is 6. The molecule has 2 atom stereocenters. The van der Waals surface area contributed by atoms with Crippen molar-refractivity contribution in [1.82, 2.24) is 5.32 Å². The van der Waals surface area contributed by atoms with Crippen molar-refractivity contribution in [2.24, 2.45) is 11.8 Å². The molecule has 2 aromatic rings. The standard InChI is InChI=1S/C25H26N2O2/c1-2-18-15-22(18)16-26-24(28)13-14-25(29)27-17-21-9-4-3-7-19(21)11-12-20-8-5-6-10-23(20)27/h2-12,18,22H,1,13-17H2,(H,26,28)/b12-11-/t18-,22?/m1/s1. The molecule has 1 aliphatic carbocycles. The van der Waals surface area contributed by atoms with Crippen molar-refractivity contribution in [2.75, 3.05) is 11.4 Å². The van der Waals surface area contributed by atoms with Crippen LogP contribution >= 0.6 is 0 Å². The third-order valence-electron chi connectivity index (χ3n) is 5.76. The lowest BCUT2D eigenvalue weighted by Gasteiger charge is -2.27. The van der Waals surface area contributed by atoms with Gasteiger partial charge in [0, 0.05) is 19.4 Å². The zero-order chi connectivity index (χ0) is 20.2. The Hall–Kier alpha value is -3.14. The molecule has 4 rings (SSSR count). The highest BCUT2D eigenvalue weighted by Crippen LogP contribution is 2.38. The van der Waals surface area contributed by atoms with Crippen LogP contribution in [0.4, 0.5) is 5.69 Å². The van der Waals surface area contributed by atoms with E-state index in [1.165, 1.54) is 0 Å². The molecule has 0 spiro atoms. The number of allylic oxidation sites excluding steroid dienone is 1. The third-order valence-corrected chi connectivity index (χ3v) is 5.76. The molecule has 1 unspecified atom stereocenters. The molecule has 1 N–H and O–H groups in total. The monoisotopic (exact) mass is 386 g/mol. The Morgan fingerprint density at radius 1 is 1.03 bits per heavy atom. The normalized spacial score (nSPS) is 20.5. The van der Waals surface area contributed by atoms with Crippen molar-refractivity contribution >= 4 is 29.7 Å². The highest BCUT2D eigenvalue weighted by atomic mass is 16.2. The summed E-state index contributed by atoms with van der Waals surface area (Å²) < 4.78 is 0. The van der Waals surface area contributed by atoms with E-state index in [1.807, 2.05) is 54.6 Å². The van der Waals surface area contributed by atoms with Gasteiger partial charge in [0.1, 0.15) is 0 Å². The summed E-state index contributed by atoms with van der Waals surface area (Å²) in [7, 11) is 0. The SMILES string of the molecule is C=C[C@@H]1CC1CNC(=O)CCC(=O)N1Cc2ccccc2/C=C\c2ccccc21. The first kappa shape index (κ1) is 19.2. The average Bonchev–Trinajstić information content (AvgIpc) is 3.51. The number of benzene rings is 2. The molecule has 2 amide bonds. The number of nitrogens with one attached hydrogen (secondary N) is 1. The minimum Gasteiger partial charge on any atom is -0.356 e. The van der Waals surface area contributed by atoms with Crippen LogP contribution in [0.5, 0.6) is 0 Å². The highest BCUT2D eigenvalue weighted by Gasteiger charge is 2.34. The molecule has 1 heterocycles. The number of carbonyl (C=O) groups excluding carboxylic acids is 2. The van der Waals surface area contributed by atoms with Gasteiger partial charge < -0.3 is 10.2 Å². The van der Waals surface area contributed by atoms with Crippen molar-refractivity contribution in [1.29, 1.82) is 0 Å². The van der Waals surface area contributed by atoms with Crippen LogP contribution in [0.3, 0.4) is 0 Å². The molecule has 4 heteroatoms. The quantitative estimate of drug-likeness (QED) is 0.747. The number of carbonyl (C=O) groups is 2. The minimum atomic E-state index is -0.0614. The predicted molar refractivity (Wildman–Crippen MR) is 117 cm³/mol. The van der Waals surface area contributed by atoms with Gasteiger partial charge in [0.2, 0.25) is 11.8 Å². The van der Waals surface area contributed by atoms with Crippen molar-refractivity contribution in [3.63, 3.8) is 0 Å². The van der Waals surface area contributed by atoms with E-state index in [0.29, 0.717) is 24.9 Å². The van der Waals surface area contributed by atoms with E-state index in [2.05, 4.69) is 24.0 Å². The van der Waals surface area contributed by atoms with Gasteiger partial charge in [-0.25, -0.2) is 0 Å². The Balaban J connectivity index is 1.45. The summed E-state index contributed by atoms with van der Waals surface area (Å²) >= 11 is 0. The van der Waals surface area contributed by atoms with Gasteiger partial charge in [-0.05, 0) is 41.0 Å². The maximum atomic E-state index is 13.1. The molecular weight excluding hydrogens is 360 g/mol. The number of hydrogen-bond donors (Lipinski definition) is 1. The molecule has 1 fully saturated rings. The van der Waals surface area contributed by atoms with Gasteiger partial charge in [0.25, 0.3) is 0 Å². The van der Waals surface area contributed by atoms with Crippen LogP contribution in [0.1, 0.15) is 36.0 Å². The zero-order valence-electron chi connectivity index (χ0n) is 16.5. The summed E-state index contributed by atoms with van der Waals surface area (Å²) in [5, 5.41) is 2.96. The number of nitrogens with zero attached hydrogens (tertiary/aromatic N) is 1. The lowest BCUT2D eigenvalue weighted by molar-refractivity contribution is -0.125.